The smallest absolute Gasteiger partial charge is 0.0471 e. The molecule has 0 amide bonds. The molecular weight excluding hydrogens is 228 g/mol. The van der Waals surface area contributed by atoms with Crippen molar-refractivity contribution in [3.8, 4) is 0 Å². The Kier molecular flexibility index (Phi) is 4.65. The zero-order valence-electron chi connectivity index (χ0n) is 9.67. The summed E-state index contributed by atoms with van der Waals surface area (Å²) in [4.78, 5) is 1.27. The predicted octanol–water partition coefficient (Wildman–Crippen LogP) is 3.51. The molecule has 0 aliphatic heterocycles. The first-order valence-corrected chi connectivity index (χ1v) is 6.74. The maximum atomic E-state index is 9.02. The standard InChI is InChI=1S/C15H16OS/c16-11-10-14-8-4-5-9-15(14)17-12-13-6-2-1-3-7-13/h1-9,16H,10-12H2. The van der Waals surface area contributed by atoms with Crippen molar-refractivity contribution < 1.29 is 5.11 Å². The van der Waals surface area contributed by atoms with E-state index < -0.39 is 0 Å². The molecule has 2 aromatic carbocycles. The summed E-state index contributed by atoms with van der Waals surface area (Å²) < 4.78 is 0. The van der Waals surface area contributed by atoms with Crippen molar-refractivity contribution >= 4 is 11.8 Å². The first-order chi connectivity index (χ1) is 8.40. The molecule has 0 spiro atoms. The van der Waals surface area contributed by atoms with Crippen LogP contribution in [0, 0.1) is 0 Å². The van der Waals surface area contributed by atoms with E-state index in [1.54, 1.807) is 0 Å². The van der Waals surface area contributed by atoms with Crippen LogP contribution in [0.1, 0.15) is 11.1 Å². The Hall–Kier alpha value is -1.25. The van der Waals surface area contributed by atoms with Crippen LogP contribution in [-0.2, 0) is 12.2 Å². The number of aliphatic hydroxyl groups is 1. The normalized spacial score (nSPS) is 10.4. The van der Waals surface area contributed by atoms with Crippen LogP contribution in [0.5, 0.6) is 0 Å². The Balaban J connectivity index is 2.03. The van der Waals surface area contributed by atoms with Gasteiger partial charge in [-0.2, -0.15) is 0 Å². The van der Waals surface area contributed by atoms with E-state index in [0.717, 1.165) is 12.2 Å². The highest BCUT2D eigenvalue weighted by Gasteiger charge is 2.02. The van der Waals surface area contributed by atoms with Gasteiger partial charge in [-0.15, -0.1) is 11.8 Å². The lowest BCUT2D eigenvalue weighted by atomic mass is 10.2. The zero-order chi connectivity index (χ0) is 11.9. The quantitative estimate of drug-likeness (QED) is 0.812. The first-order valence-electron chi connectivity index (χ1n) is 5.75. The summed E-state index contributed by atoms with van der Waals surface area (Å²) >= 11 is 1.83. The lowest BCUT2D eigenvalue weighted by Gasteiger charge is -2.07. The molecule has 0 atom stereocenters. The van der Waals surface area contributed by atoms with Crippen LogP contribution in [0.25, 0.3) is 0 Å². The monoisotopic (exact) mass is 244 g/mol. The molecule has 0 aliphatic carbocycles. The van der Waals surface area contributed by atoms with Gasteiger partial charge in [0.15, 0.2) is 0 Å². The van der Waals surface area contributed by atoms with Gasteiger partial charge in [-0.1, -0.05) is 48.5 Å². The molecular formula is C15H16OS. The second kappa shape index (κ2) is 6.48. The fourth-order valence-electron chi connectivity index (χ4n) is 1.71. The molecule has 0 heterocycles. The SMILES string of the molecule is OCCc1ccccc1SCc1ccccc1. The van der Waals surface area contributed by atoms with Gasteiger partial charge in [-0.25, -0.2) is 0 Å². The third-order valence-corrected chi connectivity index (χ3v) is 3.78. The van der Waals surface area contributed by atoms with E-state index in [-0.39, 0.29) is 6.61 Å². The molecule has 2 heteroatoms. The summed E-state index contributed by atoms with van der Waals surface area (Å²) in [6.45, 7) is 0.211. The second-order valence-corrected chi connectivity index (χ2v) is 4.87. The summed E-state index contributed by atoms with van der Waals surface area (Å²) in [5.74, 6) is 0.975. The summed E-state index contributed by atoms with van der Waals surface area (Å²) in [6.07, 6.45) is 0.734. The highest BCUT2D eigenvalue weighted by Crippen LogP contribution is 2.26. The molecule has 2 rings (SSSR count). The van der Waals surface area contributed by atoms with Crippen LogP contribution in [0.3, 0.4) is 0 Å². The largest absolute Gasteiger partial charge is 0.396 e. The Morgan fingerprint density at radius 2 is 1.59 bits per heavy atom. The highest BCUT2D eigenvalue weighted by molar-refractivity contribution is 7.98. The molecule has 0 fully saturated rings. The first kappa shape index (κ1) is 12.2. The maximum Gasteiger partial charge on any atom is 0.0471 e. The summed E-state index contributed by atoms with van der Waals surface area (Å²) in [6, 6.07) is 18.7. The van der Waals surface area contributed by atoms with Gasteiger partial charge in [0.25, 0.3) is 0 Å². The van der Waals surface area contributed by atoms with E-state index in [4.69, 9.17) is 5.11 Å². The van der Waals surface area contributed by atoms with Gasteiger partial charge in [0.05, 0.1) is 0 Å². The van der Waals surface area contributed by atoms with Crippen molar-refractivity contribution in [3.05, 3.63) is 65.7 Å². The Morgan fingerprint density at radius 3 is 2.35 bits per heavy atom. The topological polar surface area (TPSA) is 20.2 Å². The van der Waals surface area contributed by atoms with Gasteiger partial charge >= 0.3 is 0 Å². The average molecular weight is 244 g/mol. The molecule has 1 N–H and O–H groups in total. The van der Waals surface area contributed by atoms with Gasteiger partial charge < -0.3 is 5.11 Å². The Morgan fingerprint density at radius 1 is 0.882 bits per heavy atom. The maximum absolute atomic E-state index is 9.02. The minimum atomic E-state index is 0.211. The molecule has 2 aromatic rings. The molecule has 1 nitrogen and oxygen atoms in total. The van der Waals surface area contributed by atoms with Gasteiger partial charge in [-0.3, -0.25) is 0 Å². The van der Waals surface area contributed by atoms with Crippen molar-refractivity contribution in [1.29, 1.82) is 0 Å². The van der Waals surface area contributed by atoms with Gasteiger partial charge in [0.1, 0.15) is 0 Å². The van der Waals surface area contributed by atoms with Crippen molar-refractivity contribution in [2.75, 3.05) is 6.61 Å². The van der Waals surface area contributed by atoms with Crippen LogP contribution in [0.4, 0.5) is 0 Å². The number of hydrogen-bond donors (Lipinski definition) is 1. The van der Waals surface area contributed by atoms with Crippen molar-refractivity contribution in [2.45, 2.75) is 17.1 Å². The molecule has 0 radical (unpaired) electrons. The number of benzene rings is 2. The fraction of sp³-hybridized carbons (Fsp3) is 0.200. The van der Waals surface area contributed by atoms with Crippen LogP contribution < -0.4 is 0 Å². The van der Waals surface area contributed by atoms with Crippen LogP contribution in [0.15, 0.2) is 59.5 Å². The molecule has 0 saturated heterocycles. The molecule has 0 aliphatic rings. The Bertz CT molecular complexity index is 453. The summed E-state index contributed by atoms with van der Waals surface area (Å²) in [7, 11) is 0. The van der Waals surface area contributed by atoms with Crippen LogP contribution >= 0.6 is 11.8 Å². The summed E-state index contributed by atoms with van der Waals surface area (Å²) in [5, 5.41) is 9.02. The van der Waals surface area contributed by atoms with Crippen LogP contribution in [-0.4, -0.2) is 11.7 Å². The van der Waals surface area contributed by atoms with Gasteiger partial charge in [0.2, 0.25) is 0 Å². The van der Waals surface area contributed by atoms with Crippen LogP contribution in [0.2, 0.25) is 0 Å². The third kappa shape index (κ3) is 3.62. The van der Waals surface area contributed by atoms with E-state index in [1.165, 1.54) is 16.0 Å². The van der Waals surface area contributed by atoms with E-state index in [0.29, 0.717) is 0 Å². The number of hydrogen-bond acceptors (Lipinski definition) is 2. The molecule has 0 aromatic heterocycles. The van der Waals surface area contributed by atoms with Crippen molar-refractivity contribution in [1.82, 2.24) is 0 Å². The highest BCUT2D eigenvalue weighted by atomic mass is 32.2. The van der Waals surface area contributed by atoms with E-state index in [1.807, 2.05) is 30.0 Å². The third-order valence-electron chi connectivity index (χ3n) is 2.59. The molecule has 88 valence electrons. The molecule has 17 heavy (non-hydrogen) atoms. The zero-order valence-corrected chi connectivity index (χ0v) is 10.5. The van der Waals surface area contributed by atoms with Gasteiger partial charge in [-0.05, 0) is 23.6 Å². The summed E-state index contributed by atoms with van der Waals surface area (Å²) in [5.41, 5.74) is 2.56. The van der Waals surface area contributed by atoms with E-state index >= 15 is 0 Å². The number of aliphatic hydroxyl groups excluding tert-OH is 1. The Labute approximate surface area is 107 Å². The average Bonchev–Trinajstić information content (AvgIpc) is 2.39. The minimum Gasteiger partial charge on any atom is -0.396 e. The lowest BCUT2D eigenvalue weighted by Crippen LogP contribution is -1.93. The lowest BCUT2D eigenvalue weighted by molar-refractivity contribution is 0.299. The number of rotatable bonds is 5. The van der Waals surface area contributed by atoms with E-state index in [9.17, 15) is 0 Å². The molecule has 0 bridgehead atoms. The van der Waals surface area contributed by atoms with Crippen molar-refractivity contribution in [2.24, 2.45) is 0 Å². The van der Waals surface area contributed by atoms with Crippen molar-refractivity contribution in [3.63, 3.8) is 0 Å². The fourth-order valence-corrected chi connectivity index (χ4v) is 2.75. The minimum absolute atomic E-state index is 0.211. The van der Waals surface area contributed by atoms with Gasteiger partial charge in [0, 0.05) is 17.3 Å². The number of thioether (sulfide) groups is 1. The molecule has 0 saturated carbocycles. The molecule has 0 unspecified atom stereocenters. The predicted molar refractivity (Wildman–Crippen MR) is 73.2 cm³/mol. The van der Waals surface area contributed by atoms with E-state index in [2.05, 4.69) is 36.4 Å². The second-order valence-electron chi connectivity index (χ2n) is 3.86.